The van der Waals surface area contributed by atoms with Crippen LogP contribution in [0.3, 0.4) is 0 Å². The summed E-state index contributed by atoms with van der Waals surface area (Å²) in [7, 11) is 0. The largest absolute Gasteiger partial charge is 0.494 e. The first-order valence-electron chi connectivity index (χ1n) is 8.47. The fourth-order valence-electron chi connectivity index (χ4n) is 2.47. The fraction of sp³-hybridized carbons (Fsp3) is 0.250. The van der Waals surface area contributed by atoms with Crippen molar-refractivity contribution >= 4 is 33.2 Å². The molecule has 3 aromatic rings. The lowest BCUT2D eigenvalue weighted by molar-refractivity contribution is -0.121. The summed E-state index contributed by atoms with van der Waals surface area (Å²) in [5.41, 5.74) is 1.62. The summed E-state index contributed by atoms with van der Waals surface area (Å²) in [5.74, 6) is 0.714. The number of amides is 1. The molecule has 1 aromatic heterocycles. The Hall–Kier alpha value is -2.73. The molecular formula is C20H20N2O3S. The van der Waals surface area contributed by atoms with Gasteiger partial charge in [-0.1, -0.05) is 12.1 Å². The Balaban J connectivity index is 1.36. The molecule has 134 valence electrons. The molecule has 3 rings (SSSR count). The van der Waals surface area contributed by atoms with Crippen LogP contribution in [0, 0.1) is 0 Å². The highest BCUT2D eigenvalue weighted by Crippen LogP contribution is 2.21. The van der Waals surface area contributed by atoms with Crippen molar-refractivity contribution in [3.05, 3.63) is 59.1 Å². The van der Waals surface area contributed by atoms with Gasteiger partial charge in [0.05, 0.1) is 23.4 Å². The number of nitrogens with one attached hydrogen (secondary N) is 1. The third kappa shape index (κ3) is 4.89. The number of nitrogens with zero attached hydrogens (tertiary/aromatic N) is 1. The maximum absolute atomic E-state index is 11.9. The summed E-state index contributed by atoms with van der Waals surface area (Å²) < 4.78 is 6.72. The molecule has 1 amide bonds. The number of aromatic nitrogens is 1. The first-order valence-corrected chi connectivity index (χ1v) is 9.28. The van der Waals surface area contributed by atoms with Gasteiger partial charge in [-0.05, 0) is 49.7 Å². The zero-order valence-electron chi connectivity index (χ0n) is 14.5. The molecule has 26 heavy (non-hydrogen) atoms. The minimum atomic E-state index is -0.0141. The molecule has 0 radical (unpaired) electrons. The molecule has 1 heterocycles. The second-order valence-corrected chi connectivity index (χ2v) is 7.00. The highest BCUT2D eigenvalue weighted by atomic mass is 32.1. The number of para-hydroxylation sites is 1. The number of ketones is 1. The second-order valence-electron chi connectivity index (χ2n) is 5.88. The zero-order valence-corrected chi connectivity index (χ0v) is 15.3. The van der Waals surface area contributed by atoms with Crippen molar-refractivity contribution in [2.75, 3.05) is 6.61 Å². The lowest BCUT2D eigenvalue weighted by atomic mass is 10.1. The molecule has 0 atom stereocenters. The Labute approximate surface area is 156 Å². The molecule has 0 aliphatic heterocycles. The van der Waals surface area contributed by atoms with Crippen LogP contribution in [-0.2, 0) is 11.3 Å². The Kier molecular flexibility index (Phi) is 5.96. The van der Waals surface area contributed by atoms with Crippen LogP contribution in [0.1, 0.15) is 35.1 Å². The van der Waals surface area contributed by atoms with Crippen LogP contribution in [-0.4, -0.2) is 23.3 Å². The van der Waals surface area contributed by atoms with E-state index in [0.29, 0.717) is 37.3 Å². The molecule has 0 spiro atoms. The van der Waals surface area contributed by atoms with Crippen molar-refractivity contribution in [1.82, 2.24) is 10.3 Å². The van der Waals surface area contributed by atoms with Gasteiger partial charge in [0.25, 0.3) is 0 Å². The summed E-state index contributed by atoms with van der Waals surface area (Å²) in [6.07, 6.45) is 1.02. The van der Waals surface area contributed by atoms with Crippen LogP contribution in [0.2, 0.25) is 0 Å². The van der Waals surface area contributed by atoms with E-state index in [0.717, 1.165) is 15.2 Å². The summed E-state index contributed by atoms with van der Waals surface area (Å²) in [4.78, 5) is 27.6. The Morgan fingerprint density at radius 2 is 1.88 bits per heavy atom. The van der Waals surface area contributed by atoms with E-state index in [1.165, 1.54) is 6.92 Å². The van der Waals surface area contributed by atoms with E-state index < -0.39 is 0 Å². The average Bonchev–Trinajstić information content (AvgIpc) is 3.07. The van der Waals surface area contributed by atoms with Gasteiger partial charge in [0.15, 0.2) is 5.78 Å². The standard InChI is InChI=1S/C20H20N2O3S/c1-14(23)15-8-10-16(11-9-15)25-12-4-7-19(24)21-13-20-22-17-5-2-3-6-18(17)26-20/h2-3,5-6,8-11H,4,7,12-13H2,1H3,(H,21,24). The molecular weight excluding hydrogens is 348 g/mol. The average molecular weight is 368 g/mol. The van der Waals surface area contributed by atoms with E-state index in [9.17, 15) is 9.59 Å². The van der Waals surface area contributed by atoms with Gasteiger partial charge in [-0.3, -0.25) is 9.59 Å². The normalized spacial score (nSPS) is 10.7. The van der Waals surface area contributed by atoms with Crippen molar-refractivity contribution in [3.8, 4) is 5.75 Å². The highest BCUT2D eigenvalue weighted by Gasteiger charge is 2.06. The van der Waals surface area contributed by atoms with E-state index in [2.05, 4.69) is 10.3 Å². The number of rotatable bonds is 8. The number of hydrogen-bond acceptors (Lipinski definition) is 5. The molecule has 6 heteroatoms. The smallest absolute Gasteiger partial charge is 0.220 e. The molecule has 0 saturated heterocycles. The zero-order chi connectivity index (χ0) is 18.4. The molecule has 0 fully saturated rings. The maximum Gasteiger partial charge on any atom is 0.220 e. The first kappa shape index (κ1) is 18.1. The van der Waals surface area contributed by atoms with Gasteiger partial charge >= 0.3 is 0 Å². The number of carbonyl (C=O) groups excluding carboxylic acids is 2. The van der Waals surface area contributed by atoms with Crippen LogP contribution >= 0.6 is 11.3 Å². The number of Topliss-reactive ketones (excluding diaryl/α,β-unsaturated/α-hetero) is 1. The number of carbonyl (C=O) groups is 2. The van der Waals surface area contributed by atoms with Crippen LogP contribution in [0.15, 0.2) is 48.5 Å². The molecule has 1 N–H and O–H groups in total. The van der Waals surface area contributed by atoms with E-state index in [-0.39, 0.29) is 11.7 Å². The van der Waals surface area contributed by atoms with Crippen molar-refractivity contribution in [2.45, 2.75) is 26.3 Å². The summed E-state index contributed by atoms with van der Waals surface area (Å²) in [5, 5.41) is 3.80. The van der Waals surface area contributed by atoms with Gasteiger partial charge in [0.2, 0.25) is 5.91 Å². The lowest BCUT2D eigenvalue weighted by Gasteiger charge is -2.07. The van der Waals surface area contributed by atoms with Crippen LogP contribution in [0.5, 0.6) is 5.75 Å². The van der Waals surface area contributed by atoms with Crippen molar-refractivity contribution < 1.29 is 14.3 Å². The Morgan fingerprint density at radius 3 is 2.62 bits per heavy atom. The van der Waals surface area contributed by atoms with Crippen LogP contribution in [0.25, 0.3) is 10.2 Å². The van der Waals surface area contributed by atoms with Gasteiger partial charge in [-0.25, -0.2) is 4.98 Å². The second kappa shape index (κ2) is 8.58. The number of thiazole rings is 1. The van der Waals surface area contributed by atoms with Crippen molar-refractivity contribution in [2.24, 2.45) is 0 Å². The topological polar surface area (TPSA) is 68.3 Å². The quantitative estimate of drug-likeness (QED) is 0.482. The molecule has 0 saturated carbocycles. The van der Waals surface area contributed by atoms with Crippen molar-refractivity contribution in [3.63, 3.8) is 0 Å². The number of hydrogen-bond donors (Lipinski definition) is 1. The third-order valence-electron chi connectivity index (χ3n) is 3.85. The minimum Gasteiger partial charge on any atom is -0.494 e. The SMILES string of the molecule is CC(=O)c1ccc(OCCCC(=O)NCc2nc3ccccc3s2)cc1. The van der Waals surface area contributed by atoms with E-state index in [1.54, 1.807) is 35.6 Å². The van der Waals surface area contributed by atoms with Crippen LogP contribution < -0.4 is 10.1 Å². The van der Waals surface area contributed by atoms with Gasteiger partial charge in [0.1, 0.15) is 10.8 Å². The molecule has 0 unspecified atom stereocenters. The predicted octanol–water partition coefficient (Wildman–Crippen LogP) is 3.97. The summed E-state index contributed by atoms with van der Waals surface area (Å²) in [6, 6.07) is 14.9. The molecule has 0 bridgehead atoms. The summed E-state index contributed by atoms with van der Waals surface area (Å²) in [6.45, 7) is 2.43. The van der Waals surface area contributed by atoms with E-state index in [4.69, 9.17) is 4.74 Å². The van der Waals surface area contributed by atoms with Gasteiger partial charge in [0, 0.05) is 12.0 Å². The van der Waals surface area contributed by atoms with Crippen LogP contribution in [0.4, 0.5) is 0 Å². The lowest BCUT2D eigenvalue weighted by Crippen LogP contribution is -2.22. The van der Waals surface area contributed by atoms with Crippen molar-refractivity contribution in [1.29, 1.82) is 0 Å². The Morgan fingerprint density at radius 1 is 1.12 bits per heavy atom. The molecule has 0 aliphatic carbocycles. The fourth-order valence-corrected chi connectivity index (χ4v) is 3.37. The Bertz CT molecular complexity index is 870. The van der Waals surface area contributed by atoms with Gasteiger partial charge < -0.3 is 10.1 Å². The number of fused-ring (bicyclic) bond motifs is 1. The predicted molar refractivity (Wildman–Crippen MR) is 103 cm³/mol. The third-order valence-corrected chi connectivity index (χ3v) is 4.89. The first-order chi connectivity index (χ1) is 12.6. The molecule has 5 nitrogen and oxygen atoms in total. The highest BCUT2D eigenvalue weighted by molar-refractivity contribution is 7.18. The summed E-state index contributed by atoms with van der Waals surface area (Å²) >= 11 is 1.59. The molecule has 0 aliphatic rings. The number of ether oxygens (including phenoxy) is 1. The number of benzene rings is 2. The monoisotopic (exact) mass is 368 g/mol. The molecule has 2 aromatic carbocycles. The maximum atomic E-state index is 11.9. The van der Waals surface area contributed by atoms with Gasteiger partial charge in [-0.2, -0.15) is 0 Å². The van der Waals surface area contributed by atoms with Gasteiger partial charge in [-0.15, -0.1) is 11.3 Å². The minimum absolute atomic E-state index is 0.0141. The van der Waals surface area contributed by atoms with E-state index in [1.807, 2.05) is 24.3 Å². The van der Waals surface area contributed by atoms with E-state index >= 15 is 0 Å².